The molecule has 0 bridgehead atoms. The molecule has 1 unspecified atom stereocenters. The second kappa shape index (κ2) is 11.8. The number of ether oxygens (including phenoxy) is 2. The van der Waals surface area contributed by atoms with E-state index in [-0.39, 0.29) is 18.2 Å². The summed E-state index contributed by atoms with van der Waals surface area (Å²) in [6.07, 6.45) is 0.849. The van der Waals surface area contributed by atoms with Crippen LogP contribution in [0.1, 0.15) is 25.8 Å². The number of hydrogen-bond donors (Lipinski definition) is 2. The Kier molecular flexibility index (Phi) is 10.2. The minimum atomic E-state index is -2.29. The van der Waals surface area contributed by atoms with Gasteiger partial charge in [-0.1, -0.05) is 44.2 Å². The van der Waals surface area contributed by atoms with Crippen LogP contribution in [0.15, 0.2) is 30.3 Å². The summed E-state index contributed by atoms with van der Waals surface area (Å²) in [5.41, 5.74) is 0.922. The molecule has 0 aliphatic rings. The van der Waals surface area contributed by atoms with Crippen molar-refractivity contribution in [2.24, 2.45) is 5.92 Å². The molecule has 1 aromatic carbocycles. The average molecular weight is 384 g/mol. The van der Waals surface area contributed by atoms with Gasteiger partial charge in [0, 0.05) is 7.11 Å². The standard InChI is InChI=1S/C18H29N2O5P/c1-13(2)10-16(18(22)25-4)19-17(21)15(20-26(23)12-24-3)11-14-8-6-5-7-9-14/h5-9,13,15-16,26H,10-12H2,1-4H3,(H,19,21)(H,20,23)/t15-,16-/m0/s1. The Balaban J connectivity index is 2.89. The van der Waals surface area contributed by atoms with E-state index in [0.29, 0.717) is 12.8 Å². The molecule has 0 fully saturated rings. The van der Waals surface area contributed by atoms with Gasteiger partial charge >= 0.3 is 5.97 Å². The molecule has 0 aromatic heterocycles. The molecule has 0 aliphatic heterocycles. The molecular formula is C18H29N2O5P. The fourth-order valence-electron chi connectivity index (χ4n) is 2.53. The molecule has 0 aliphatic carbocycles. The summed E-state index contributed by atoms with van der Waals surface area (Å²) in [6, 6.07) is 7.94. The SMILES string of the molecule is COC[PH](=O)N[C@@H](Cc1ccccc1)C(=O)N[C@@H](CC(C)C)C(=O)OC. The van der Waals surface area contributed by atoms with Crippen LogP contribution in [0.4, 0.5) is 0 Å². The van der Waals surface area contributed by atoms with E-state index in [1.165, 1.54) is 14.2 Å². The lowest BCUT2D eigenvalue weighted by Gasteiger charge is -2.23. The van der Waals surface area contributed by atoms with Crippen LogP contribution in [0.3, 0.4) is 0 Å². The number of carbonyl (C=O) groups is 2. The van der Waals surface area contributed by atoms with Gasteiger partial charge in [0.25, 0.3) is 0 Å². The molecule has 26 heavy (non-hydrogen) atoms. The van der Waals surface area contributed by atoms with Gasteiger partial charge in [0.05, 0.1) is 13.2 Å². The van der Waals surface area contributed by atoms with E-state index in [4.69, 9.17) is 9.47 Å². The summed E-state index contributed by atoms with van der Waals surface area (Å²) in [5.74, 6) is -0.679. The van der Waals surface area contributed by atoms with Gasteiger partial charge in [-0.05, 0) is 24.3 Å². The van der Waals surface area contributed by atoms with Crippen molar-refractivity contribution in [3.63, 3.8) is 0 Å². The zero-order valence-corrected chi connectivity index (χ0v) is 16.8. The van der Waals surface area contributed by atoms with E-state index < -0.39 is 26.0 Å². The third-order valence-corrected chi connectivity index (χ3v) is 4.94. The third-order valence-electron chi connectivity index (χ3n) is 3.72. The molecule has 3 atom stereocenters. The molecule has 1 amide bonds. The maximum absolute atomic E-state index is 12.8. The van der Waals surface area contributed by atoms with Crippen LogP contribution >= 0.6 is 7.95 Å². The number of amides is 1. The largest absolute Gasteiger partial charge is 0.467 e. The maximum atomic E-state index is 12.8. The Labute approximate surface area is 155 Å². The maximum Gasteiger partial charge on any atom is 0.328 e. The van der Waals surface area contributed by atoms with Gasteiger partial charge in [-0.15, -0.1) is 0 Å². The number of carbonyl (C=O) groups excluding carboxylic acids is 2. The molecule has 0 saturated carbocycles. The van der Waals surface area contributed by atoms with Gasteiger partial charge in [0.15, 0.2) is 7.95 Å². The molecule has 2 N–H and O–H groups in total. The Hall–Kier alpha value is -1.69. The predicted molar refractivity (Wildman–Crippen MR) is 101 cm³/mol. The Morgan fingerprint density at radius 1 is 1.12 bits per heavy atom. The molecule has 7 nitrogen and oxygen atoms in total. The summed E-state index contributed by atoms with van der Waals surface area (Å²) in [7, 11) is 0.456. The topological polar surface area (TPSA) is 93.7 Å². The van der Waals surface area contributed by atoms with Crippen molar-refractivity contribution in [2.45, 2.75) is 38.8 Å². The van der Waals surface area contributed by atoms with Crippen LogP contribution in [0.5, 0.6) is 0 Å². The van der Waals surface area contributed by atoms with Crippen LogP contribution in [0.25, 0.3) is 0 Å². The van der Waals surface area contributed by atoms with E-state index >= 15 is 0 Å². The van der Waals surface area contributed by atoms with Crippen LogP contribution in [0, 0.1) is 5.92 Å². The molecule has 0 heterocycles. The smallest absolute Gasteiger partial charge is 0.328 e. The zero-order chi connectivity index (χ0) is 19.5. The monoisotopic (exact) mass is 384 g/mol. The highest BCUT2D eigenvalue weighted by atomic mass is 31.1. The third kappa shape index (κ3) is 8.13. The van der Waals surface area contributed by atoms with Gasteiger partial charge in [-0.3, -0.25) is 9.88 Å². The molecule has 1 aromatic rings. The first-order valence-corrected chi connectivity index (χ1v) is 10.2. The van der Waals surface area contributed by atoms with Crippen LogP contribution in [-0.4, -0.2) is 44.5 Å². The van der Waals surface area contributed by atoms with Crippen LogP contribution in [0.2, 0.25) is 0 Å². The molecular weight excluding hydrogens is 355 g/mol. The second-order valence-corrected chi connectivity index (χ2v) is 7.88. The fraction of sp³-hybridized carbons (Fsp3) is 0.556. The average Bonchev–Trinajstić information content (AvgIpc) is 2.60. The summed E-state index contributed by atoms with van der Waals surface area (Å²) >= 11 is 0. The molecule has 0 spiro atoms. The van der Waals surface area contributed by atoms with Crippen molar-refractivity contribution in [3.05, 3.63) is 35.9 Å². The lowest BCUT2D eigenvalue weighted by Crippen LogP contribution is -2.50. The summed E-state index contributed by atoms with van der Waals surface area (Å²) in [6.45, 7) is 3.91. The molecule has 1 rings (SSSR count). The molecule has 146 valence electrons. The zero-order valence-electron chi connectivity index (χ0n) is 15.8. The Bertz CT molecular complexity index is 595. The first-order chi connectivity index (χ1) is 12.4. The Morgan fingerprint density at radius 2 is 1.77 bits per heavy atom. The summed E-state index contributed by atoms with van der Waals surface area (Å²) < 4.78 is 21.7. The lowest BCUT2D eigenvalue weighted by molar-refractivity contribution is -0.145. The normalized spacial score (nSPS) is 14.5. The van der Waals surface area contributed by atoms with Gasteiger partial charge in [-0.25, -0.2) is 4.79 Å². The van der Waals surface area contributed by atoms with Gasteiger partial charge in [0.2, 0.25) is 5.91 Å². The van der Waals surface area contributed by atoms with E-state index in [2.05, 4.69) is 10.4 Å². The van der Waals surface area contributed by atoms with Crippen molar-refractivity contribution >= 4 is 19.8 Å². The summed E-state index contributed by atoms with van der Waals surface area (Å²) in [4.78, 5) is 24.7. The number of esters is 1. The van der Waals surface area contributed by atoms with Crippen LogP contribution < -0.4 is 10.4 Å². The number of benzene rings is 1. The first-order valence-electron chi connectivity index (χ1n) is 8.57. The minimum absolute atomic E-state index is 0.0374. The number of rotatable bonds is 11. The quantitative estimate of drug-likeness (QED) is 0.448. The van der Waals surface area contributed by atoms with Crippen molar-refractivity contribution in [2.75, 3.05) is 20.6 Å². The highest BCUT2D eigenvalue weighted by Gasteiger charge is 2.27. The molecule has 8 heteroatoms. The van der Waals surface area contributed by atoms with E-state index in [1.807, 2.05) is 44.2 Å². The van der Waals surface area contributed by atoms with Crippen molar-refractivity contribution in [3.8, 4) is 0 Å². The highest BCUT2D eigenvalue weighted by Crippen LogP contribution is 2.17. The number of hydrogen-bond acceptors (Lipinski definition) is 5. The fourth-order valence-corrected chi connectivity index (χ4v) is 3.49. The van der Waals surface area contributed by atoms with E-state index in [1.54, 1.807) is 0 Å². The number of nitrogens with one attached hydrogen (secondary N) is 2. The van der Waals surface area contributed by atoms with Crippen LogP contribution in [-0.2, 0) is 30.0 Å². The summed E-state index contributed by atoms with van der Waals surface area (Å²) in [5, 5.41) is 5.57. The number of methoxy groups -OCH3 is 2. The van der Waals surface area contributed by atoms with E-state index in [9.17, 15) is 14.2 Å². The van der Waals surface area contributed by atoms with Gasteiger partial charge < -0.3 is 19.4 Å². The molecule has 0 radical (unpaired) electrons. The highest BCUT2D eigenvalue weighted by molar-refractivity contribution is 7.42. The minimum Gasteiger partial charge on any atom is -0.467 e. The van der Waals surface area contributed by atoms with Crippen molar-refractivity contribution in [1.82, 2.24) is 10.4 Å². The van der Waals surface area contributed by atoms with E-state index in [0.717, 1.165) is 5.56 Å². The Morgan fingerprint density at radius 3 is 2.31 bits per heavy atom. The predicted octanol–water partition coefficient (Wildman–Crippen LogP) is 1.97. The van der Waals surface area contributed by atoms with Gasteiger partial charge in [0.1, 0.15) is 12.4 Å². The lowest BCUT2D eigenvalue weighted by atomic mass is 10.0. The van der Waals surface area contributed by atoms with Crippen molar-refractivity contribution in [1.29, 1.82) is 0 Å². The van der Waals surface area contributed by atoms with Crippen molar-refractivity contribution < 1.29 is 23.6 Å². The van der Waals surface area contributed by atoms with Gasteiger partial charge in [-0.2, -0.15) is 0 Å². The first kappa shape index (κ1) is 22.4. The second-order valence-electron chi connectivity index (χ2n) is 6.46. The molecule has 0 saturated heterocycles.